The molecular formula is C21H23N3O2. The number of carbonyl (C=O) groups excluding carboxylic acids is 1. The number of hydrogen-bond donors (Lipinski definition) is 0. The lowest BCUT2D eigenvalue weighted by atomic mass is 9.89. The first-order valence-electron chi connectivity index (χ1n) is 9.18. The van der Waals surface area contributed by atoms with E-state index in [4.69, 9.17) is 4.52 Å². The molecule has 1 amide bonds. The average Bonchev–Trinajstić information content (AvgIpc) is 3.00. The van der Waals surface area contributed by atoms with Crippen molar-refractivity contribution in [3.63, 3.8) is 0 Å². The number of hydrogen-bond acceptors (Lipinski definition) is 4. The maximum absolute atomic E-state index is 12.9. The molecule has 1 saturated heterocycles. The van der Waals surface area contributed by atoms with Crippen LogP contribution < -0.4 is 0 Å². The highest BCUT2D eigenvalue weighted by atomic mass is 16.5. The highest BCUT2D eigenvalue weighted by Crippen LogP contribution is 2.26. The van der Waals surface area contributed by atoms with Crippen molar-refractivity contribution in [1.29, 1.82) is 0 Å². The zero-order valence-corrected chi connectivity index (χ0v) is 15.2. The molecule has 134 valence electrons. The minimum absolute atomic E-state index is 0.0468. The minimum Gasteiger partial charge on any atom is -0.361 e. The Bertz CT molecular complexity index is 923. The van der Waals surface area contributed by atoms with Crippen LogP contribution in [0.4, 0.5) is 0 Å². The first kappa shape index (κ1) is 16.8. The lowest BCUT2D eigenvalue weighted by molar-refractivity contribution is 0.0671. The molecule has 1 fully saturated rings. The number of rotatable bonds is 3. The Kier molecular flexibility index (Phi) is 4.45. The van der Waals surface area contributed by atoms with E-state index < -0.39 is 0 Å². The van der Waals surface area contributed by atoms with Gasteiger partial charge >= 0.3 is 0 Å². The number of likely N-dealkylation sites (tertiary alicyclic amines) is 1. The van der Waals surface area contributed by atoms with Crippen LogP contribution in [0, 0.1) is 19.8 Å². The number of aromatic nitrogens is 2. The van der Waals surface area contributed by atoms with E-state index in [-0.39, 0.29) is 5.91 Å². The first-order valence-corrected chi connectivity index (χ1v) is 9.18. The number of benzene rings is 1. The molecule has 0 spiro atoms. The van der Waals surface area contributed by atoms with Crippen LogP contribution in [0.25, 0.3) is 10.9 Å². The molecule has 0 saturated carbocycles. The molecule has 26 heavy (non-hydrogen) atoms. The predicted octanol–water partition coefficient (Wildman–Crippen LogP) is 3.93. The summed E-state index contributed by atoms with van der Waals surface area (Å²) >= 11 is 0. The molecule has 1 aromatic carbocycles. The van der Waals surface area contributed by atoms with Crippen LogP contribution in [0.5, 0.6) is 0 Å². The lowest BCUT2D eigenvalue weighted by Crippen LogP contribution is -2.40. The summed E-state index contributed by atoms with van der Waals surface area (Å²) in [6.45, 7) is 5.21. The Balaban J connectivity index is 1.53. The topological polar surface area (TPSA) is 59.2 Å². The lowest BCUT2D eigenvalue weighted by Gasteiger charge is -2.33. The van der Waals surface area contributed by atoms with Crippen LogP contribution >= 0.6 is 0 Å². The maximum atomic E-state index is 12.9. The molecule has 1 aliphatic heterocycles. The molecule has 5 nitrogen and oxygen atoms in total. The van der Waals surface area contributed by atoms with Crippen molar-refractivity contribution in [3.8, 4) is 0 Å². The van der Waals surface area contributed by atoms with Gasteiger partial charge in [0.15, 0.2) is 0 Å². The molecule has 5 heteroatoms. The van der Waals surface area contributed by atoms with Gasteiger partial charge in [0.05, 0.1) is 11.2 Å². The number of amides is 1. The average molecular weight is 349 g/mol. The summed E-state index contributed by atoms with van der Waals surface area (Å²) in [6, 6.07) is 10.4. The van der Waals surface area contributed by atoms with Crippen molar-refractivity contribution in [1.82, 2.24) is 15.0 Å². The number of nitrogens with zero attached hydrogens (tertiary/aromatic N) is 3. The number of pyridine rings is 1. The third kappa shape index (κ3) is 3.09. The summed E-state index contributed by atoms with van der Waals surface area (Å²) in [7, 11) is 0. The van der Waals surface area contributed by atoms with Gasteiger partial charge in [0, 0.05) is 24.7 Å². The van der Waals surface area contributed by atoms with E-state index in [1.807, 2.05) is 30.2 Å². The van der Waals surface area contributed by atoms with E-state index in [2.05, 4.69) is 28.3 Å². The molecule has 1 aliphatic rings. The molecule has 3 aromatic rings. The molecule has 2 aromatic heterocycles. The number of carbonyl (C=O) groups is 1. The summed E-state index contributed by atoms with van der Waals surface area (Å²) in [4.78, 5) is 19.3. The number of piperidine rings is 1. The van der Waals surface area contributed by atoms with Crippen molar-refractivity contribution in [2.45, 2.75) is 33.1 Å². The standard InChI is InChI=1S/C21H23N3O2/c1-14-20(15(2)26-23-14)21(25)24-11-5-6-16(13-24)12-17-7-3-9-19-18(17)8-4-10-22-19/h3-4,7-10,16H,5-6,11-13H2,1-2H3/t16-/m1/s1. The normalized spacial score (nSPS) is 17.6. The first-order chi connectivity index (χ1) is 12.6. The van der Waals surface area contributed by atoms with Gasteiger partial charge in [-0.2, -0.15) is 0 Å². The molecule has 3 heterocycles. The van der Waals surface area contributed by atoms with E-state index in [1.165, 1.54) is 10.9 Å². The fraction of sp³-hybridized carbons (Fsp3) is 0.381. The molecule has 0 radical (unpaired) electrons. The smallest absolute Gasteiger partial charge is 0.259 e. The second-order valence-electron chi connectivity index (χ2n) is 7.15. The molecule has 0 unspecified atom stereocenters. The third-order valence-corrected chi connectivity index (χ3v) is 5.30. The predicted molar refractivity (Wildman–Crippen MR) is 100 cm³/mol. The van der Waals surface area contributed by atoms with Gasteiger partial charge in [-0.3, -0.25) is 9.78 Å². The fourth-order valence-corrected chi connectivity index (χ4v) is 4.02. The Labute approximate surface area is 153 Å². The quantitative estimate of drug-likeness (QED) is 0.719. The summed E-state index contributed by atoms with van der Waals surface area (Å²) in [5, 5.41) is 5.14. The molecule has 1 atom stereocenters. The summed E-state index contributed by atoms with van der Waals surface area (Å²) < 4.78 is 5.17. The SMILES string of the molecule is Cc1noc(C)c1C(=O)N1CCC[C@H](Cc2cccc3ncccc23)C1. The van der Waals surface area contributed by atoms with Crippen molar-refractivity contribution in [3.05, 3.63) is 59.1 Å². The minimum atomic E-state index is 0.0468. The van der Waals surface area contributed by atoms with Gasteiger partial charge in [-0.05, 0) is 56.7 Å². The zero-order valence-electron chi connectivity index (χ0n) is 15.2. The van der Waals surface area contributed by atoms with Gasteiger partial charge in [-0.25, -0.2) is 0 Å². The molecular weight excluding hydrogens is 326 g/mol. The highest BCUT2D eigenvalue weighted by Gasteiger charge is 2.28. The van der Waals surface area contributed by atoms with Gasteiger partial charge in [-0.1, -0.05) is 23.4 Å². The number of aryl methyl sites for hydroxylation is 2. The van der Waals surface area contributed by atoms with E-state index in [1.54, 1.807) is 6.92 Å². The molecule has 0 N–H and O–H groups in total. The van der Waals surface area contributed by atoms with Crippen LogP contribution in [0.1, 0.15) is 40.2 Å². The van der Waals surface area contributed by atoms with Crippen LogP contribution in [0.3, 0.4) is 0 Å². The van der Waals surface area contributed by atoms with Gasteiger partial charge in [0.25, 0.3) is 5.91 Å². The van der Waals surface area contributed by atoms with Gasteiger partial charge < -0.3 is 9.42 Å². The largest absolute Gasteiger partial charge is 0.361 e. The fourth-order valence-electron chi connectivity index (χ4n) is 4.02. The van der Waals surface area contributed by atoms with Crippen LogP contribution in [-0.4, -0.2) is 34.0 Å². The van der Waals surface area contributed by atoms with Gasteiger partial charge in [0.2, 0.25) is 0 Å². The van der Waals surface area contributed by atoms with E-state index in [9.17, 15) is 4.79 Å². The molecule has 0 bridgehead atoms. The van der Waals surface area contributed by atoms with Crippen molar-refractivity contribution < 1.29 is 9.32 Å². The Morgan fingerprint density at radius 2 is 2.15 bits per heavy atom. The summed E-state index contributed by atoms with van der Waals surface area (Å²) in [5.41, 5.74) is 3.64. The number of fused-ring (bicyclic) bond motifs is 1. The van der Waals surface area contributed by atoms with Gasteiger partial charge in [0.1, 0.15) is 11.3 Å². The van der Waals surface area contributed by atoms with Crippen molar-refractivity contribution in [2.24, 2.45) is 5.92 Å². The van der Waals surface area contributed by atoms with Gasteiger partial charge in [-0.15, -0.1) is 0 Å². The molecule has 4 rings (SSSR count). The van der Waals surface area contributed by atoms with Crippen molar-refractivity contribution in [2.75, 3.05) is 13.1 Å². The Morgan fingerprint density at radius 1 is 1.27 bits per heavy atom. The monoisotopic (exact) mass is 349 g/mol. The van der Waals surface area contributed by atoms with E-state index >= 15 is 0 Å². The Hall–Kier alpha value is -2.69. The highest BCUT2D eigenvalue weighted by molar-refractivity contribution is 5.96. The van der Waals surface area contributed by atoms with Crippen LogP contribution in [0.15, 0.2) is 41.1 Å². The van der Waals surface area contributed by atoms with Crippen LogP contribution in [0.2, 0.25) is 0 Å². The second-order valence-corrected chi connectivity index (χ2v) is 7.15. The second kappa shape index (κ2) is 6.90. The van der Waals surface area contributed by atoms with E-state index in [0.717, 1.165) is 37.9 Å². The maximum Gasteiger partial charge on any atom is 0.259 e. The van der Waals surface area contributed by atoms with Crippen molar-refractivity contribution >= 4 is 16.8 Å². The summed E-state index contributed by atoms with van der Waals surface area (Å²) in [5.74, 6) is 1.11. The Morgan fingerprint density at radius 3 is 2.96 bits per heavy atom. The zero-order chi connectivity index (χ0) is 18.1. The van der Waals surface area contributed by atoms with Crippen LogP contribution in [-0.2, 0) is 6.42 Å². The van der Waals surface area contributed by atoms with E-state index in [0.29, 0.717) is 22.9 Å². The molecule has 0 aliphatic carbocycles. The third-order valence-electron chi connectivity index (χ3n) is 5.30. The summed E-state index contributed by atoms with van der Waals surface area (Å²) in [6.07, 6.45) is 4.97.